The van der Waals surface area contributed by atoms with Crippen molar-refractivity contribution in [3.8, 4) is 17.2 Å². The van der Waals surface area contributed by atoms with Gasteiger partial charge in [-0.15, -0.1) is 0 Å². The molecule has 250 valence electrons. The second-order valence-electron chi connectivity index (χ2n) is 15.1. The number of hydrogen-bond donors (Lipinski definition) is 1. The first kappa shape index (κ1) is 31.8. The fourth-order valence-corrected chi connectivity index (χ4v) is 10.0. The lowest BCUT2D eigenvalue weighted by atomic mass is 9.50. The van der Waals surface area contributed by atoms with Crippen LogP contribution in [-0.2, 0) is 23.1 Å². The predicted octanol–water partition coefficient (Wildman–Crippen LogP) is 7.82. The SMILES string of the molecule is CCN(C(=O)CCCCCCCCCCc1ccccc1)[C@H]1CC[C@H]2[C@H]3Cc4c(O)cc(OC)c5c4[C@@]2(CCN3CC2CC2)[C@H]1O5. The van der Waals surface area contributed by atoms with Crippen molar-refractivity contribution >= 4 is 5.91 Å². The molecule has 5 atom stereocenters. The number of aromatic hydroxyl groups is 1. The molecule has 1 saturated heterocycles. The first-order chi connectivity index (χ1) is 22.5. The van der Waals surface area contributed by atoms with Crippen LogP contribution < -0.4 is 9.47 Å². The zero-order valence-corrected chi connectivity index (χ0v) is 28.4. The topological polar surface area (TPSA) is 62.2 Å². The average molecular weight is 629 g/mol. The highest BCUT2D eigenvalue weighted by atomic mass is 16.5. The number of likely N-dealkylation sites (tertiary alicyclic amines) is 1. The Kier molecular flexibility index (Phi) is 9.54. The van der Waals surface area contributed by atoms with Crippen LogP contribution in [0.2, 0.25) is 0 Å². The molecule has 3 aliphatic carbocycles. The van der Waals surface area contributed by atoms with Gasteiger partial charge in [0.25, 0.3) is 0 Å². The van der Waals surface area contributed by atoms with Gasteiger partial charge in [-0.3, -0.25) is 9.69 Å². The van der Waals surface area contributed by atoms with Crippen molar-refractivity contribution in [3.05, 3.63) is 53.1 Å². The molecular weight excluding hydrogens is 572 g/mol. The minimum Gasteiger partial charge on any atom is -0.508 e. The van der Waals surface area contributed by atoms with Crippen molar-refractivity contribution in [2.24, 2.45) is 11.8 Å². The first-order valence-electron chi connectivity index (χ1n) is 18.7. The van der Waals surface area contributed by atoms with Gasteiger partial charge in [0.2, 0.25) is 5.91 Å². The second-order valence-corrected chi connectivity index (χ2v) is 15.1. The lowest BCUT2D eigenvalue weighted by Gasteiger charge is -2.60. The number of amides is 1. The molecule has 2 heterocycles. The molecule has 46 heavy (non-hydrogen) atoms. The monoisotopic (exact) mass is 628 g/mol. The number of carbonyl (C=O) groups excluding carboxylic acids is 1. The van der Waals surface area contributed by atoms with Crippen LogP contribution in [0.3, 0.4) is 0 Å². The Hall–Kier alpha value is -2.73. The van der Waals surface area contributed by atoms with Gasteiger partial charge in [0.05, 0.1) is 13.2 Å². The molecule has 2 aromatic rings. The van der Waals surface area contributed by atoms with E-state index >= 15 is 0 Å². The molecule has 2 saturated carbocycles. The van der Waals surface area contributed by atoms with Crippen molar-refractivity contribution in [3.63, 3.8) is 0 Å². The number of phenolic OH excluding ortho intramolecular Hbond substituents is 1. The number of unbranched alkanes of at least 4 members (excludes halogenated alkanes) is 7. The van der Waals surface area contributed by atoms with Crippen LogP contribution in [0.5, 0.6) is 17.2 Å². The third-order valence-electron chi connectivity index (χ3n) is 12.4. The molecule has 1 N–H and O–H groups in total. The van der Waals surface area contributed by atoms with Crippen LogP contribution in [0.4, 0.5) is 0 Å². The molecule has 7 rings (SSSR count). The molecule has 2 bridgehead atoms. The summed E-state index contributed by atoms with van der Waals surface area (Å²) >= 11 is 0. The fourth-order valence-electron chi connectivity index (χ4n) is 10.0. The van der Waals surface area contributed by atoms with Crippen molar-refractivity contribution in [1.82, 2.24) is 9.80 Å². The number of carbonyl (C=O) groups is 1. The highest BCUT2D eigenvalue weighted by Gasteiger charge is 2.67. The fraction of sp³-hybridized carbons (Fsp3) is 0.675. The smallest absolute Gasteiger partial charge is 0.222 e. The summed E-state index contributed by atoms with van der Waals surface area (Å²) < 4.78 is 12.8. The zero-order chi connectivity index (χ0) is 31.7. The summed E-state index contributed by atoms with van der Waals surface area (Å²) in [5.74, 6) is 3.47. The lowest BCUT2D eigenvalue weighted by molar-refractivity contribution is -0.142. The molecule has 0 radical (unpaired) electrons. The Balaban J connectivity index is 0.960. The highest BCUT2D eigenvalue weighted by Crippen LogP contribution is 2.65. The number of nitrogens with zero attached hydrogens (tertiary/aromatic N) is 2. The van der Waals surface area contributed by atoms with E-state index in [-0.39, 0.29) is 23.5 Å². The quantitative estimate of drug-likeness (QED) is 0.192. The standard InChI is InChI=1S/C40H56N2O4/c1-3-42(36(44)18-14-9-7-5-4-6-8-11-15-28-16-12-10-13-17-28)32-22-21-31-33-25-30-34(43)26-35(45-2)38-37(30)40(31,39(32)46-38)23-24-41(33)27-29-19-20-29/h10,12-13,16-17,26,29,31-33,39,43H,3-9,11,14-15,18-25,27H2,1-2H3/t31-,32-,33+,39-,40-/m0/s1. The van der Waals surface area contributed by atoms with Gasteiger partial charge in [-0.25, -0.2) is 0 Å². The summed E-state index contributed by atoms with van der Waals surface area (Å²) in [4.78, 5) is 18.8. The number of piperidine rings is 1. The minimum absolute atomic E-state index is 0.0606. The van der Waals surface area contributed by atoms with Crippen LogP contribution >= 0.6 is 0 Å². The van der Waals surface area contributed by atoms with Crippen molar-refractivity contribution in [2.45, 2.75) is 133 Å². The maximum atomic E-state index is 13.8. The van der Waals surface area contributed by atoms with E-state index in [9.17, 15) is 9.90 Å². The number of methoxy groups -OCH3 is 1. The number of phenols is 1. The number of hydrogen-bond acceptors (Lipinski definition) is 5. The van der Waals surface area contributed by atoms with Gasteiger partial charge in [-0.1, -0.05) is 68.9 Å². The third kappa shape index (κ3) is 5.93. The maximum absolute atomic E-state index is 13.8. The molecule has 2 aromatic carbocycles. The van der Waals surface area contributed by atoms with Crippen LogP contribution in [0.25, 0.3) is 0 Å². The lowest BCUT2D eigenvalue weighted by Crippen LogP contribution is -2.69. The first-order valence-corrected chi connectivity index (χ1v) is 18.7. The van der Waals surface area contributed by atoms with Crippen LogP contribution in [-0.4, -0.2) is 65.7 Å². The van der Waals surface area contributed by atoms with Gasteiger partial charge in [-0.2, -0.15) is 0 Å². The Morgan fingerprint density at radius 3 is 2.48 bits per heavy atom. The molecule has 0 aromatic heterocycles. The molecule has 2 aliphatic heterocycles. The van der Waals surface area contributed by atoms with Gasteiger partial charge in [0.15, 0.2) is 11.5 Å². The van der Waals surface area contributed by atoms with Gasteiger partial charge >= 0.3 is 0 Å². The van der Waals surface area contributed by atoms with Gasteiger partial charge in [-0.05, 0) is 88.7 Å². The summed E-state index contributed by atoms with van der Waals surface area (Å²) in [6.45, 7) is 5.13. The summed E-state index contributed by atoms with van der Waals surface area (Å²) in [5.41, 5.74) is 3.59. The number of aryl methyl sites for hydroxylation is 1. The van der Waals surface area contributed by atoms with E-state index in [1.54, 1.807) is 13.2 Å². The molecule has 5 aliphatic rings. The zero-order valence-electron chi connectivity index (χ0n) is 28.4. The van der Waals surface area contributed by atoms with E-state index < -0.39 is 0 Å². The summed E-state index contributed by atoms with van der Waals surface area (Å²) in [7, 11) is 1.67. The molecule has 3 fully saturated rings. The maximum Gasteiger partial charge on any atom is 0.222 e. The van der Waals surface area contributed by atoms with Crippen LogP contribution in [0.1, 0.15) is 114 Å². The third-order valence-corrected chi connectivity index (χ3v) is 12.4. The van der Waals surface area contributed by atoms with E-state index in [2.05, 4.69) is 47.1 Å². The van der Waals surface area contributed by atoms with Crippen molar-refractivity contribution in [1.29, 1.82) is 0 Å². The summed E-state index contributed by atoms with van der Waals surface area (Å²) in [5, 5.41) is 11.3. The van der Waals surface area contributed by atoms with Gasteiger partial charge < -0.3 is 19.5 Å². The Morgan fingerprint density at radius 2 is 1.76 bits per heavy atom. The van der Waals surface area contributed by atoms with E-state index in [4.69, 9.17) is 9.47 Å². The molecular formula is C40H56N2O4. The number of likely N-dealkylation sites (N-methyl/N-ethyl adjacent to an activating group) is 1. The minimum atomic E-state index is -0.155. The predicted molar refractivity (Wildman–Crippen MR) is 183 cm³/mol. The molecule has 6 heteroatoms. The highest BCUT2D eigenvalue weighted by molar-refractivity contribution is 5.77. The van der Waals surface area contributed by atoms with Crippen molar-refractivity contribution < 1.29 is 19.4 Å². The molecule has 1 spiro atoms. The second kappa shape index (κ2) is 13.8. The van der Waals surface area contributed by atoms with Gasteiger partial charge in [0, 0.05) is 48.2 Å². The van der Waals surface area contributed by atoms with E-state index in [0.717, 1.165) is 68.8 Å². The normalized spacial score (nSPS) is 27.6. The number of ether oxygens (including phenoxy) is 2. The molecule has 0 unspecified atom stereocenters. The largest absolute Gasteiger partial charge is 0.508 e. The Bertz CT molecular complexity index is 1360. The van der Waals surface area contributed by atoms with E-state index in [0.29, 0.717) is 29.9 Å². The van der Waals surface area contributed by atoms with Crippen LogP contribution in [0, 0.1) is 11.8 Å². The Morgan fingerprint density at radius 1 is 1.02 bits per heavy atom. The molecule has 1 amide bonds. The van der Waals surface area contributed by atoms with Crippen molar-refractivity contribution in [2.75, 3.05) is 26.7 Å². The number of rotatable bonds is 16. The van der Waals surface area contributed by atoms with E-state index in [1.807, 2.05) is 0 Å². The summed E-state index contributed by atoms with van der Waals surface area (Å²) in [6, 6.07) is 13.1. The van der Waals surface area contributed by atoms with E-state index in [1.165, 1.54) is 75.5 Å². The molecule has 6 nitrogen and oxygen atoms in total. The Labute approximate surface area is 276 Å². The number of benzene rings is 2. The summed E-state index contributed by atoms with van der Waals surface area (Å²) in [6.07, 6.45) is 18.3. The van der Waals surface area contributed by atoms with Gasteiger partial charge in [0.1, 0.15) is 11.9 Å². The van der Waals surface area contributed by atoms with Crippen LogP contribution in [0.15, 0.2) is 36.4 Å². The average Bonchev–Trinajstić information content (AvgIpc) is 3.83.